The standard InChI is InChI=1S/C9H22NO2Si/c1-9(2,8-10)6-5-7-13(11-3)12-4/h5-8,10H2,1-4H3. The average molecular weight is 204 g/mol. The lowest BCUT2D eigenvalue weighted by Crippen LogP contribution is -2.25. The van der Waals surface area contributed by atoms with Crippen LogP contribution in [0.5, 0.6) is 0 Å². The lowest BCUT2D eigenvalue weighted by Gasteiger charge is -2.22. The molecule has 0 saturated carbocycles. The second-order valence-electron chi connectivity index (χ2n) is 4.00. The Bertz CT molecular complexity index is 127. The van der Waals surface area contributed by atoms with Gasteiger partial charge in [0.15, 0.2) is 0 Å². The summed E-state index contributed by atoms with van der Waals surface area (Å²) in [6.45, 7) is 5.13. The van der Waals surface area contributed by atoms with Gasteiger partial charge >= 0.3 is 9.28 Å². The van der Waals surface area contributed by atoms with Crippen molar-refractivity contribution in [2.24, 2.45) is 11.1 Å². The van der Waals surface area contributed by atoms with Crippen LogP contribution in [0.25, 0.3) is 0 Å². The maximum absolute atomic E-state index is 5.63. The first-order valence-electron chi connectivity index (χ1n) is 4.69. The van der Waals surface area contributed by atoms with Gasteiger partial charge in [0.1, 0.15) is 0 Å². The van der Waals surface area contributed by atoms with E-state index in [0.29, 0.717) is 0 Å². The number of hydrogen-bond donors (Lipinski definition) is 1. The van der Waals surface area contributed by atoms with Crippen molar-refractivity contribution >= 4 is 9.28 Å². The zero-order chi connectivity index (χ0) is 10.3. The summed E-state index contributed by atoms with van der Waals surface area (Å²) in [5.74, 6) is 0. The van der Waals surface area contributed by atoms with E-state index in [2.05, 4.69) is 13.8 Å². The van der Waals surface area contributed by atoms with Gasteiger partial charge in [-0.2, -0.15) is 0 Å². The van der Waals surface area contributed by atoms with Crippen molar-refractivity contribution in [3.63, 3.8) is 0 Å². The second-order valence-corrected chi connectivity index (χ2v) is 6.06. The van der Waals surface area contributed by atoms with Crippen molar-refractivity contribution in [3.05, 3.63) is 0 Å². The average Bonchev–Trinajstić information content (AvgIpc) is 2.12. The first-order chi connectivity index (χ1) is 6.05. The van der Waals surface area contributed by atoms with Gasteiger partial charge in [-0.05, 0) is 24.4 Å². The van der Waals surface area contributed by atoms with Crippen LogP contribution in [-0.4, -0.2) is 30.0 Å². The van der Waals surface area contributed by atoms with E-state index in [-0.39, 0.29) is 5.41 Å². The Morgan fingerprint density at radius 3 is 2.15 bits per heavy atom. The van der Waals surface area contributed by atoms with Crippen molar-refractivity contribution in [3.8, 4) is 0 Å². The fourth-order valence-corrected chi connectivity index (χ4v) is 2.14. The van der Waals surface area contributed by atoms with E-state index in [4.69, 9.17) is 14.6 Å². The Labute approximate surface area is 83.5 Å². The van der Waals surface area contributed by atoms with Crippen LogP contribution in [0, 0.1) is 5.41 Å². The smallest absolute Gasteiger partial charge is 0.384 e. The molecule has 0 fully saturated rings. The molecule has 3 nitrogen and oxygen atoms in total. The van der Waals surface area contributed by atoms with Crippen LogP contribution in [0.1, 0.15) is 26.7 Å². The molecule has 0 aromatic rings. The molecule has 0 atom stereocenters. The zero-order valence-electron chi connectivity index (χ0n) is 9.22. The Morgan fingerprint density at radius 1 is 1.23 bits per heavy atom. The summed E-state index contributed by atoms with van der Waals surface area (Å²) in [6.07, 6.45) is 2.28. The van der Waals surface area contributed by atoms with Crippen LogP contribution in [0.4, 0.5) is 0 Å². The normalized spacial score (nSPS) is 12.5. The lowest BCUT2D eigenvalue weighted by molar-refractivity contribution is 0.270. The van der Waals surface area contributed by atoms with Gasteiger partial charge in [-0.1, -0.05) is 20.3 Å². The first-order valence-corrected chi connectivity index (χ1v) is 6.22. The van der Waals surface area contributed by atoms with Gasteiger partial charge in [-0.25, -0.2) is 0 Å². The van der Waals surface area contributed by atoms with E-state index in [1.54, 1.807) is 14.2 Å². The quantitative estimate of drug-likeness (QED) is 0.640. The molecule has 2 N–H and O–H groups in total. The van der Waals surface area contributed by atoms with Gasteiger partial charge in [-0.3, -0.25) is 0 Å². The lowest BCUT2D eigenvalue weighted by atomic mass is 9.88. The Hall–Kier alpha value is 0.0969. The molecule has 1 radical (unpaired) electrons. The highest BCUT2D eigenvalue weighted by atomic mass is 28.3. The van der Waals surface area contributed by atoms with Gasteiger partial charge in [0.05, 0.1) is 0 Å². The summed E-state index contributed by atoms with van der Waals surface area (Å²) in [7, 11) is 2.43. The molecule has 0 saturated heterocycles. The predicted molar refractivity (Wildman–Crippen MR) is 56.6 cm³/mol. The summed E-state index contributed by atoms with van der Waals surface area (Å²) in [6, 6.07) is 1.04. The van der Waals surface area contributed by atoms with Gasteiger partial charge in [0.25, 0.3) is 0 Å². The van der Waals surface area contributed by atoms with Crippen LogP contribution < -0.4 is 5.73 Å². The number of hydrogen-bond acceptors (Lipinski definition) is 3. The predicted octanol–water partition coefficient (Wildman–Crippen LogP) is 1.53. The van der Waals surface area contributed by atoms with Crippen molar-refractivity contribution in [1.29, 1.82) is 0 Å². The Kier molecular flexibility index (Phi) is 6.58. The molecule has 0 amide bonds. The molecule has 13 heavy (non-hydrogen) atoms. The summed E-state index contributed by atoms with van der Waals surface area (Å²) < 4.78 is 10.4. The maximum atomic E-state index is 5.63. The van der Waals surface area contributed by atoms with Crippen LogP contribution in [0.3, 0.4) is 0 Å². The highest BCUT2D eigenvalue weighted by Crippen LogP contribution is 2.22. The molecular weight excluding hydrogens is 182 g/mol. The van der Waals surface area contributed by atoms with Crippen molar-refractivity contribution in [1.82, 2.24) is 0 Å². The SMILES string of the molecule is CO[Si](CCCC(C)(C)CN)OC. The molecular formula is C9H22NO2Si. The van der Waals surface area contributed by atoms with E-state index in [1.807, 2.05) is 0 Å². The fourth-order valence-electron chi connectivity index (χ4n) is 1.10. The summed E-state index contributed by atoms with van der Waals surface area (Å²) in [5.41, 5.74) is 5.89. The molecule has 0 rings (SSSR count). The minimum Gasteiger partial charge on any atom is -0.397 e. The molecule has 0 aliphatic heterocycles. The second kappa shape index (κ2) is 6.54. The minimum absolute atomic E-state index is 0.258. The summed E-state index contributed by atoms with van der Waals surface area (Å²) >= 11 is 0. The van der Waals surface area contributed by atoms with Gasteiger partial charge in [-0.15, -0.1) is 0 Å². The van der Waals surface area contributed by atoms with Crippen LogP contribution >= 0.6 is 0 Å². The monoisotopic (exact) mass is 204 g/mol. The van der Waals surface area contributed by atoms with Gasteiger partial charge in [0.2, 0.25) is 0 Å². The molecule has 0 heterocycles. The largest absolute Gasteiger partial charge is 0.397 e. The molecule has 0 aliphatic rings. The summed E-state index contributed by atoms with van der Waals surface area (Å²) in [5, 5.41) is 0. The van der Waals surface area contributed by atoms with E-state index in [9.17, 15) is 0 Å². The van der Waals surface area contributed by atoms with Crippen molar-refractivity contribution in [2.75, 3.05) is 20.8 Å². The molecule has 0 aliphatic carbocycles. The first kappa shape index (κ1) is 13.1. The molecule has 79 valence electrons. The van der Waals surface area contributed by atoms with E-state index in [1.165, 1.54) is 0 Å². The van der Waals surface area contributed by atoms with Crippen molar-refractivity contribution in [2.45, 2.75) is 32.7 Å². The third-order valence-electron chi connectivity index (χ3n) is 2.24. The molecule has 0 aromatic heterocycles. The third kappa shape index (κ3) is 6.21. The third-order valence-corrected chi connectivity index (χ3v) is 3.91. The van der Waals surface area contributed by atoms with Crippen LogP contribution in [0.2, 0.25) is 6.04 Å². The van der Waals surface area contributed by atoms with Crippen LogP contribution in [-0.2, 0) is 8.85 Å². The number of nitrogens with two attached hydrogens (primary N) is 1. The Balaban J connectivity index is 3.54. The molecule has 0 spiro atoms. The van der Waals surface area contributed by atoms with Gasteiger partial charge < -0.3 is 14.6 Å². The molecule has 0 unspecified atom stereocenters. The van der Waals surface area contributed by atoms with E-state index in [0.717, 1.165) is 25.4 Å². The highest BCUT2D eigenvalue weighted by Gasteiger charge is 2.18. The minimum atomic E-state index is -0.994. The fraction of sp³-hybridized carbons (Fsp3) is 1.00. The van der Waals surface area contributed by atoms with E-state index < -0.39 is 9.28 Å². The topological polar surface area (TPSA) is 44.5 Å². The van der Waals surface area contributed by atoms with E-state index >= 15 is 0 Å². The Morgan fingerprint density at radius 2 is 1.77 bits per heavy atom. The zero-order valence-corrected chi connectivity index (χ0v) is 10.2. The van der Waals surface area contributed by atoms with Gasteiger partial charge in [0, 0.05) is 14.2 Å². The molecule has 0 aromatic carbocycles. The maximum Gasteiger partial charge on any atom is 0.384 e. The van der Waals surface area contributed by atoms with Crippen LogP contribution in [0.15, 0.2) is 0 Å². The number of rotatable bonds is 7. The molecule has 4 heteroatoms. The summed E-state index contributed by atoms with van der Waals surface area (Å²) in [4.78, 5) is 0. The highest BCUT2D eigenvalue weighted by molar-refractivity contribution is 6.44. The van der Waals surface area contributed by atoms with Crippen molar-refractivity contribution < 1.29 is 8.85 Å². The molecule has 0 bridgehead atoms.